The molecular formula is C15H18Cl2N2O4. The van der Waals surface area contributed by atoms with Gasteiger partial charge in [0.1, 0.15) is 0 Å². The molecule has 0 saturated heterocycles. The van der Waals surface area contributed by atoms with Crippen molar-refractivity contribution in [3.8, 4) is 0 Å². The minimum atomic E-state index is -0.733. The number of nitrogens with one attached hydrogen (secondary N) is 1. The number of hydrogen-bond donors (Lipinski definition) is 1. The number of esters is 1. The third-order valence-electron chi connectivity index (χ3n) is 2.86. The molecule has 0 heterocycles. The summed E-state index contributed by atoms with van der Waals surface area (Å²) in [5.74, 6) is -1.49. The first-order valence-electron chi connectivity index (χ1n) is 6.98. The molecule has 23 heavy (non-hydrogen) atoms. The molecule has 2 amide bonds. The Kier molecular flexibility index (Phi) is 7.85. The fourth-order valence-electron chi connectivity index (χ4n) is 1.59. The van der Waals surface area contributed by atoms with Gasteiger partial charge in [-0.2, -0.15) is 0 Å². The Bertz CT molecular complexity index is 593. The van der Waals surface area contributed by atoms with Crippen molar-refractivity contribution in [3.63, 3.8) is 0 Å². The number of rotatable bonds is 7. The summed E-state index contributed by atoms with van der Waals surface area (Å²) in [5, 5.41) is 3.18. The van der Waals surface area contributed by atoms with Crippen LogP contribution in [-0.4, -0.2) is 49.4 Å². The Morgan fingerprint density at radius 2 is 1.96 bits per heavy atom. The van der Waals surface area contributed by atoms with E-state index in [0.717, 1.165) is 6.42 Å². The normalized spacial score (nSPS) is 10.1. The molecule has 0 aliphatic carbocycles. The molecule has 0 saturated carbocycles. The van der Waals surface area contributed by atoms with Gasteiger partial charge in [0.15, 0.2) is 6.61 Å². The summed E-state index contributed by atoms with van der Waals surface area (Å²) >= 11 is 11.6. The Labute approximate surface area is 144 Å². The first-order chi connectivity index (χ1) is 10.8. The van der Waals surface area contributed by atoms with E-state index in [4.69, 9.17) is 27.9 Å². The lowest BCUT2D eigenvalue weighted by Crippen LogP contribution is -2.40. The summed E-state index contributed by atoms with van der Waals surface area (Å²) < 4.78 is 4.91. The second-order valence-corrected chi connectivity index (χ2v) is 5.64. The zero-order valence-electron chi connectivity index (χ0n) is 12.9. The van der Waals surface area contributed by atoms with Gasteiger partial charge in [-0.1, -0.05) is 30.1 Å². The fraction of sp³-hybridized carbons (Fsp3) is 0.400. The van der Waals surface area contributed by atoms with E-state index < -0.39 is 18.5 Å². The zero-order valence-corrected chi connectivity index (χ0v) is 14.4. The van der Waals surface area contributed by atoms with Gasteiger partial charge in [-0.15, -0.1) is 0 Å². The fourth-order valence-corrected chi connectivity index (χ4v) is 2.08. The quantitative estimate of drug-likeness (QED) is 0.755. The van der Waals surface area contributed by atoms with Crippen molar-refractivity contribution in [2.45, 2.75) is 13.3 Å². The van der Waals surface area contributed by atoms with Crippen LogP contribution in [0, 0.1) is 0 Å². The second-order valence-electron chi connectivity index (χ2n) is 4.80. The SMILES string of the molecule is CCCNC(=O)CN(C)C(=O)COC(=O)c1ccc(Cl)cc1Cl. The second kappa shape index (κ2) is 9.37. The van der Waals surface area contributed by atoms with Crippen LogP contribution in [-0.2, 0) is 14.3 Å². The van der Waals surface area contributed by atoms with E-state index in [1.54, 1.807) is 0 Å². The number of carbonyl (C=O) groups excluding carboxylic acids is 3. The van der Waals surface area contributed by atoms with Crippen LogP contribution in [0.25, 0.3) is 0 Å². The van der Waals surface area contributed by atoms with E-state index in [9.17, 15) is 14.4 Å². The van der Waals surface area contributed by atoms with Crippen molar-refractivity contribution < 1.29 is 19.1 Å². The number of nitrogens with zero attached hydrogens (tertiary/aromatic N) is 1. The molecule has 0 radical (unpaired) electrons. The third-order valence-corrected chi connectivity index (χ3v) is 3.40. The van der Waals surface area contributed by atoms with E-state index >= 15 is 0 Å². The molecule has 1 aromatic carbocycles. The van der Waals surface area contributed by atoms with Crippen LogP contribution in [0.15, 0.2) is 18.2 Å². The minimum absolute atomic E-state index is 0.0991. The highest BCUT2D eigenvalue weighted by molar-refractivity contribution is 6.36. The van der Waals surface area contributed by atoms with E-state index in [1.807, 2.05) is 6.92 Å². The Morgan fingerprint density at radius 1 is 1.26 bits per heavy atom. The van der Waals surface area contributed by atoms with Crippen molar-refractivity contribution in [3.05, 3.63) is 33.8 Å². The molecule has 1 aromatic rings. The number of hydrogen-bond acceptors (Lipinski definition) is 4. The third kappa shape index (κ3) is 6.46. The molecule has 126 valence electrons. The smallest absolute Gasteiger partial charge is 0.340 e. The summed E-state index contributed by atoms with van der Waals surface area (Å²) in [5.41, 5.74) is 0.118. The van der Waals surface area contributed by atoms with Crippen LogP contribution in [0.3, 0.4) is 0 Å². The summed E-state index contributed by atoms with van der Waals surface area (Å²) in [6, 6.07) is 4.32. The van der Waals surface area contributed by atoms with E-state index in [2.05, 4.69) is 5.32 Å². The van der Waals surface area contributed by atoms with E-state index in [0.29, 0.717) is 11.6 Å². The number of likely N-dealkylation sites (N-methyl/N-ethyl adjacent to an activating group) is 1. The van der Waals surface area contributed by atoms with Crippen LogP contribution < -0.4 is 5.32 Å². The highest BCUT2D eigenvalue weighted by Gasteiger charge is 2.17. The van der Waals surface area contributed by atoms with E-state index in [-0.39, 0.29) is 23.0 Å². The summed E-state index contributed by atoms with van der Waals surface area (Å²) in [7, 11) is 1.46. The first kappa shape index (κ1) is 19.3. The van der Waals surface area contributed by atoms with Crippen molar-refractivity contribution in [1.82, 2.24) is 10.2 Å². The van der Waals surface area contributed by atoms with Crippen LogP contribution in [0.2, 0.25) is 10.0 Å². The average molecular weight is 361 g/mol. The van der Waals surface area contributed by atoms with Crippen LogP contribution in [0.1, 0.15) is 23.7 Å². The molecule has 1 N–H and O–H groups in total. The van der Waals surface area contributed by atoms with Gasteiger partial charge >= 0.3 is 5.97 Å². The zero-order chi connectivity index (χ0) is 17.4. The molecule has 0 aliphatic rings. The van der Waals surface area contributed by atoms with Crippen molar-refractivity contribution in [2.24, 2.45) is 0 Å². The van der Waals surface area contributed by atoms with Gasteiger partial charge in [0, 0.05) is 18.6 Å². The van der Waals surface area contributed by atoms with Gasteiger partial charge in [-0.05, 0) is 24.6 Å². The van der Waals surface area contributed by atoms with Crippen molar-refractivity contribution in [2.75, 3.05) is 26.7 Å². The minimum Gasteiger partial charge on any atom is -0.452 e. The first-order valence-corrected chi connectivity index (χ1v) is 7.73. The molecular weight excluding hydrogens is 343 g/mol. The maximum atomic E-state index is 11.9. The van der Waals surface area contributed by atoms with Crippen molar-refractivity contribution >= 4 is 41.0 Å². The molecule has 0 aromatic heterocycles. The molecule has 1 rings (SSSR count). The average Bonchev–Trinajstić information content (AvgIpc) is 2.50. The monoisotopic (exact) mass is 360 g/mol. The lowest BCUT2D eigenvalue weighted by molar-refractivity contribution is -0.137. The molecule has 0 aliphatic heterocycles. The maximum Gasteiger partial charge on any atom is 0.340 e. The van der Waals surface area contributed by atoms with Gasteiger partial charge in [0.2, 0.25) is 5.91 Å². The molecule has 8 heteroatoms. The maximum absolute atomic E-state index is 11.9. The van der Waals surface area contributed by atoms with Crippen LogP contribution >= 0.6 is 23.2 Å². The Balaban J connectivity index is 2.48. The topological polar surface area (TPSA) is 75.7 Å². The summed E-state index contributed by atoms with van der Waals surface area (Å²) in [6.45, 7) is 1.90. The number of carbonyl (C=O) groups is 3. The van der Waals surface area contributed by atoms with Crippen molar-refractivity contribution in [1.29, 1.82) is 0 Å². The van der Waals surface area contributed by atoms with Gasteiger partial charge in [0.25, 0.3) is 5.91 Å². The summed E-state index contributed by atoms with van der Waals surface area (Å²) in [6.07, 6.45) is 0.808. The highest BCUT2D eigenvalue weighted by Crippen LogP contribution is 2.21. The number of benzene rings is 1. The molecule has 0 fully saturated rings. The standard InChI is InChI=1S/C15H18Cl2N2O4/c1-3-6-18-13(20)8-19(2)14(21)9-23-15(22)11-5-4-10(16)7-12(11)17/h4-5,7H,3,6,8-9H2,1-2H3,(H,18,20). The molecule has 6 nitrogen and oxygen atoms in total. The predicted molar refractivity (Wildman–Crippen MR) is 87.7 cm³/mol. The van der Waals surface area contributed by atoms with Gasteiger partial charge in [0.05, 0.1) is 17.1 Å². The van der Waals surface area contributed by atoms with Crippen LogP contribution in [0.5, 0.6) is 0 Å². The lowest BCUT2D eigenvalue weighted by Gasteiger charge is -2.16. The number of halogens is 2. The Hall–Kier alpha value is -1.79. The Morgan fingerprint density at radius 3 is 2.57 bits per heavy atom. The molecule has 0 unspecified atom stereocenters. The van der Waals surface area contributed by atoms with Gasteiger partial charge < -0.3 is 15.0 Å². The molecule has 0 atom stereocenters. The summed E-state index contributed by atoms with van der Waals surface area (Å²) in [4.78, 5) is 36.4. The van der Waals surface area contributed by atoms with E-state index in [1.165, 1.54) is 30.1 Å². The molecule has 0 spiro atoms. The number of ether oxygens (including phenoxy) is 1. The van der Waals surface area contributed by atoms with Gasteiger partial charge in [-0.3, -0.25) is 9.59 Å². The van der Waals surface area contributed by atoms with Crippen LogP contribution in [0.4, 0.5) is 0 Å². The highest BCUT2D eigenvalue weighted by atomic mass is 35.5. The van der Waals surface area contributed by atoms with Gasteiger partial charge in [-0.25, -0.2) is 4.79 Å². The lowest BCUT2D eigenvalue weighted by atomic mass is 10.2. The number of amides is 2. The largest absolute Gasteiger partial charge is 0.452 e. The molecule has 0 bridgehead atoms. The predicted octanol–water partition coefficient (Wildman–Crippen LogP) is 2.13.